The molecule has 0 aliphatic carbocycles. The lowest BCUT2D eigenvalue weighted by atomic mass is 10.1. The van der Waals surface area contributed by atoms with Gasteiger partial charge < -0.3 is 5.32 Å². The van der Waals surface area contributed by atoms with Gasteiger partial charge in [0.25, 0.3) is 5.91 Å². The highest BCUT2D eigenvalue weighted by atomic mass is 32.2. The van der Waals surface area contributed by atoms with E-state index in [4.69, 9.17) is 0 Å². The average molecular weight is 424 g/mol. The van der Waals surface area contributed by atoms with Crippen molar-refractivity contribution in [2.45, 2.75) is 12.3 Å². The average Bonchev–Trinajstić information content (AvgIpc) is 3.10. The van der Waals surface area contributed by atoms with Crippen LogP contribution in [0.15, 0.2) is 66.7 Å². The first-order valence-corrected chi connectivity index (χ1v) is 10.3. The molecular weight excluding hydrogens is 406 g/mol. The summed E-state index contributed by atoms with van der Waals surface area (Å²) in [5, 5.41) is 2.40. The van der Waals surface area contributed by atoms with Gasteiger partial charge in [-0.2, -0.15) is 0 Å². The van der Waals surface area contributed by atoms with E-state index >= 15 is 0 Å². The zero-order valence-corrected chi connectivity index (χ0v) is 16.9. The Morgan fingerprint density at radius 3 is 2.40 bits per heavy atom. The number of hydrogen-bond donors (Lipinski definition) is 1. The third-order valence-electron chi connectivity index (χ3n) is 4.80. The number of carbonyl (C=O) groups is 2. The van der Waals surface area contributed by atoms with Crippen LogP contribution in [0.5, 0.6) is 0 Å². The van der Waals surface area contributed by atoms with Gasteiger partial charge in [0.05, 0.1) is 11.4 Å². The summed E-state index contributed by atoms with van der Waals surface area (Å²) in [6.07, 6.45) is 0. The van der Waals surface area contributed by atoms with Gasteiger partial charge in [0.2, 0.25) is 5.91 Å². The molecule has 1 saturated heterocycles. The highest BCUT2D eigenvalue weighted by Gasteiger charge is 2.35. The van der Waals surface area contributed by atoms with Crippen LogP contribution >= 0.6 is 11.8 Å². The first kappa shape index (κ1) is 20.1. The second-order valence-electron chi connectivity index (χ2n) is 6.96. The summed E-state index contributed by atoms with van der Waals surface area (Å²) in [6.45, 7) is 1.95. The maximum Gasteiger partial charge on any atom is 0.255 e. The van der Waals surface area contributed by atoms with Crippen molar-refractivity contribution in [3.8, 4) is 0 Å². The highest BCUT2D eigenvalue weighted by molar-refractivity contribution is 8.00. The van der Waals surface area contributed by atoms with Crippen molar-refractivity contribution < 1.29 is 18.4 Å². The molecule has 1 N–H and O–H groups in total. The lowest BCUT2D eigenvalue weighted by Crippen LogP contribution is -2.28. The van der Waals surface area contributed by atoms with E-state index in [0.717, 1.165) is 23.3 Å². The first-order chi connectivity index (χ1) is 14.4. The lowest BCUT2D eigenvalue weighted by Gasteiger charge is -2.25. The summed E-state index contributed by atoms with van der Waals surface area (Å²) < 4.78 is 27.5. The van der Waals surface area contributed by atoms with Gasteiger partial charge in [-0.05, 0) is 48.9 Å². The van der Waals surface area contributed by atoms with Crippen LogP contribution < -0.4 is 10.2 Å². The molecule has 1 fully saturated rings. The smallest absolute Gasteiger partial charge is 0.255 e. The number of halogens is 2. The molecule has 1 aliphatic rings. The van der Waals surface area contributed by atoms with E-state index in [1.807, 2.05) is 19.1 Å². The van der Waals surface area contributed by atoms with Gasteiger partial charge in [-0.25, -0.2) is 8.78 Å². The van der Waals surface area contributed by atoms with Crippen LogP contribution in [0, 0.1) is 18.6 Å². The summed E-state index contributed by atoms with van der Waals surface area (Å²) >= 11 is 1.37. The molecule has 0 saturated carbocycles. The first-order valence-electron chi connectivity index (χ1n) is 9.29. The van der Waals surface area contributed by atoms with E-state index in [9.17, 15) is 18.4 Å². The molecule has 2 amide bonds. The molecule has 0 aromatic heterocycles. The zero-order valence-electron chi connectivity index (χ0n) is 16.1. The third kappa shape index (κ3) is 4.07. The number of carbonyl (C=O) groups excluding carboxylic acids is 2. The molecule has 3 aromatic carbocycles. The molecule has 1 unspecified atom stereocenters. The van der Waals surface area contributed by atoms with Crippen molar-refractivity contribution in [1.29, 1.82) is 0 Å². The Morgan fingerprint density at radius 1 is 1.03 bits per heavy atom. The SMILES string of the molecule is Cc1ccc(C(=O)Nc2ccc(C3SCC(=O)N3c3ccc(F)cc3F)cc2)cc1. The fourth-order valence-electron chi connectivity index (χ4n) is 3.25. The Kier molecular flexibility index (Phi) is 5.55. The number of anilines is 2. The summed E-state index contributed by atoms with van der Waals surface area (Å²) in [5.74, 6) is -1.73. The Morgan fingerprint density at radius 2 is 1.73 bits per heavy atom. The highest BCUT2D eigenvalue weighted by Crippen LogP contribution is 2.42. The third-order valence-corrected chi connectivity index (χ3v) is 6.02. The predicted molar refractivity (Wildman–Crippen MR) is 115 cm³/mol. The largest absolute Gasteiger partial charge is 0.322 e. The number of rotatable bonds is 4. The Bertz CT molecular complexity index is 1100. The molecule has 1 aliphatic heterocycles. The van der Waals surface area contributed by atoms with E-state index in [-0.39, 0.29) is 23.3 Å². The number of amides is 2. The fourth-order valence-corrected chi connectivity index (χ4v) is 4.42. The molecule has 7 heteroatoms. The van der Waals surface area contributed by atoms with Crippen molar-refractivity contribution in [2.75, 3.05) is 16.0 Å². The molecule has 4 rings (SSSR count). The second-order valence-corrected chi connectivity index (χ2v) is 8.03. The fraction of sp³-hybridized carbons (Fsp3) is 0.130. The van der Waals surface area contributed by atoms with Crippen LogP contribution in [0.4, 0.5) is 20.2 Å². The molecule has 1 atom stereocenters. The van der Waals surface area contributed by atoms with Crippen molar-refractivity contribution in [2.24, 2.45) is 0 Å². The maximum atomic E-state index is 14.3. The Hall–Kier alpha value is -3.19. The molecule has 30 heavy (non-hydrogen) atoms. The Balaban J connectivity index is 1.53. The van der Waals surface area contributed by atoms with Crippen LogP contribution in [0.25, 0.3) is 0 Å². The van der Waals surface area contributed by atoms with Crippen molar-refractivity contribution >= 4 is 35.0 Å². The van der Waals surface area contributed by atoms with E-state index < -0.39 is 17.0 Å². The molecule has 4 nitrogen and oxygen atoms in total. The number of benzene rings is 3. The zero-order chi connectivity index (χ0) is 21.3. The predicted octanol–water partition coefficient (Wildman–Crippen LogP) is 5.30. The van der Waals surface area contributed by atoms with E-state index in [0.29, 0.717) is 11.3 Å². The molecule has 0 spiro atoms. The molecule has 1 heterocycles. The standard InChI is InChI=1S/C23H18F2N2O2S/c1-14-2-4-15(5-3-14)22(29)26-18-9-6-16(7-10-18)23-27(21(28)13-30-23)20-11-8-17(24)12-19(20)25/h2-12,23H,13H2,1H3,(H,26,29). The number of thioether (sulfide) groups is 1. The summed E-state index contributed by atoms with van der Waals surface area (Å²) in [5.41, 5.74) is 3.07. The van der Waals surface area contributed by atoms with Gasteiger partial charge in [-0.15, -0.1) is 11.8 Å². The second kappa shape index (κ2) is 8.28. The topological polar surface area (TPSA) is 49.4 Å². The minimum Gasteiger partial charge on any atom is -0.322 e. The van der Waals surface area contributed by atoms with Crippen LogP contribution in [0.3, 0.4) is 0 Å². The molecular formula is C23H18F2N2O2S. The lowest BCUT2D eigenvalue weighted by molar-refractivity contribution is -0.115. The summed E-state index contributed by atoms with van der Waals surface area (Å²) in [4.78, 5) is 26.1. The van der Waals surface area contributed by atoms with Crippen molar-refractivity contribution in [3.05, 3.63) is 95.1 Å². The molecule has 0 radical (unpaired) electrons. The molecule has 152 valence electrons. The minimum absolute atomic E-state index is 0.0492. The molecule has 0 bridgehead atoms. The number of aryl methyl sites for hydroxylation is 1. The van der Waals surface area contributed by atoms with E-state index in [2.05, 4.69) is 5.32 Å². The number of hydrogen-bond acceptors (Lipinski definition) is 3. The van der Waals surface area contributed by atoms with Gasteiger partial charge in [0.1, 0.15) is 17.0 Å². The van der Waals surface area contributed by atoms with Crippen LogP contribution in [0.2, 0.25) is 0 Å². The maximum absolute atomic E-state index is 14.3. The van der Waals surface area contributed by atoms with E-state index in [1.165, 1.54) is 22.7 Å². The monoisotopic (exact) mass is 424 g/mol. The van der Waals surface area contributed by atoms with Gasteiger partial charge >= 0.3 is 0 Å². The summed E-state index contributed by atoms with van der Waals surface area (Å²) in [6, 6.07) is 17.5. The Labute approximate surface area is 176 Å². The van der Waals surface area contributed by atoms with Crippen LogP contribution in [0.1, 0.15) is 26.9 Å². The van der Waals surface area contributed by atoms with Gasteiger partial charge in [-0.3, -0.25) is 14.5 Å². The summed E-state index contributed by atoms with van der Waals surface area (Å²) in [7, 11) is 0. The van der Waals surface area contributed by atoms with E-state index in [1.54, 1.807) is 36.4 Å². The quantitative estimate of drug-likeness (QED) is 0.618. The van der Waals surface area contributed by atoms with Crippen LogP contribution in [-0.2, 0) is 4.79 Å². The van der Waals surface area contributed by atoms with Crippen molar-refractivity contribution in [3.63, 3.8) is 0 Å². The van der Waals surface area contributed by atoms with Crippen LogP contribution in [-0.4, -0.2) is 17.6 Å². The van der Waals surface area contributed by atoms with Gasteiger partial charge in [0.15, 0.2) is 0 Å². The van der Waals surface area contributed by atoms with Crippen molar-refractivity contribution in [1.82, 2.24) is 0 Å². The number of nitrogens with zero attached hydrogens (tertiary/aromatic N) is 1. The number of nitrogens with one attached hydrogen (secondary N) is 1. The van der Waals surface area contributed by atoms with Gasteiger partial charge in [-0.1, -0.05) is 29.8 Å². The molecule has 3 aromatic rings. The van der Waals surface area contributed by atoms with Gasteiger partial charge in [0, 0.05) is 17.3 Å². The minimum atomic E-state index is -0.780. The normalized spacial score (nSPS) is 16.0.